The highest BCUT2D eigenvalue weighted by molar-refractivity contribution is 5.83. The van der Waals surface area contributed by atoms with Gasteiger partial charge in [0.15, 0.2) is 0 Å². The second-order valence-electron chi connectivity index (χ2n) is 7.36. The second-order valence-corrected chi connectivity index (χ2v) is 7.36. The molecule has 1 aliphatic heterocycles. The molecule has 28 heavy (non-hydrogen) atoms. The van der Waals surface area contributed by atoms with Crippen molar-refractivity contribution in [1.29, 1.82) is 0 Å². The van der Waals surface area contributed by atoms with Gasteiger partial charge in [-0.15, -0.1) is 0 Å². The summed E-state index contributed by atoms with van der Waals surface area (Å²) >= 11 is 0. The van der Waals surface area contributed by atoms with Crippen molar-refractivity contribution in [2.75, 3.05) is 26.2 Å². The first kappa shape index (κ1) is 20.6. The molecule has 2 aromatic rings. The van der Waals surface area contributed by atoms with E-state index in [1.54, 1.807) is 0 Å². The Morgan fingerprint density at radius 3 is 2.14 bits per heavy atom. The van der Waals surface area contributed by atoms with E-state index in [1.807, 2.05) is 41.3 Å². The van der Waals surface area contributed by atoms with Gasteiger partial charge in [-0.05, 0) is 37.1 Å². The Balaban J connectivity index is 1.59. The molecule has 0 bridgehead atoms. The predicted molar refractivity (Wildman–Crippen MR) is 113 cm³/mol. The number of rotatable bonds is 8. The zero-order valence-corrected chi connectivity index (χ0v) is 17.1. The third-order valence-electron chi connectivity index (χ3n) is 5.61. The standard InChI is InChI=1S/C24H32N2O2/c1-3-25(4-2)23(21-13-9-6-10-14-21)24(27)26-17-15-22(16-18-26)28-19-20-11-7-5-8-12-20/h5-14,22-23H,3-4,15-19H2,1-2H3. The van der Waals surface area contributed by atoms with Crippen LogP contribution in [-0.4, -0.2) is 48.0 Å². The van der Waals surface area contributed by atoms with E-state index in [4.69, 9.17) is 4.74 Å². The van der Waals surface area contributed by atoms with Crippen molar-refractivity contribution >= 4 is 5.91 Å². The van der Waals surface area contributed by atoms with Crippen molar-refractivity contribution in [3.63, 3.8) is 0 Å². The monoisotopic (exact) mass is 380 g/mol. The number of carbonyl (C=O) groups excluding carboxylic acids is 1. The fourth-order valence-electron chi connectivity index (χ4n) is 3.94. The van der Waals surface area contributed by atoms with E-state index in [1.165, 1.54) is 5.56 Å². The van der Waals surface area contributed by atoms with Crippen LogP contribution in [0.5, 0.6) is 0 Å². The van der Waals surface area contributed by atoms with Gasteiger partial charge in [-0.1, -0.05) is 74.5 Å². The summed E-state index contributed by atoms with van der Waals surface area (Å²) in [5.74, 6) is 0.219. The summed E-state index contributed by atoms with van der Waals surface area (Å²) in [6.45, 7) is 8.14. The van der Waals surface area contributed by atoms with Crippen LogP contribution in [0.15, 0.2) is 60.7 Å². The van der Waals surface area contributed by atoms with Crippen LogP contribution in [0.2, 0.25) is 0 Å². The molecule has 1 fully saturated rings. The summed E-state index contributed by atoms with van der Waals surface area (Å²) in [5.41, 5.74) is 2.28. The fraction of sp³-hybridized carbons (Fsp3) is 0.458. The van der Waals surface area contributed by atoms with E-state index in [0.29, 0.717) is 6.61 Å². The molecule has 0 aromatic heterocycles. The Kier molecular flexibility index (Phi) is 7.63. The molecule has 1 unspecified atom stereocenters. The number of piperidine rings is 1. The normalized spacial score (nSPS) is 16.3. The van der Waals surface area contributed by atoms with Crippen LogP contribution in [0.25, 0.3) is 0 Å². The Hall–Kier alpha value is -2.17. The first-order chi connectivity index (χ1) is 13.7. The average molecular weight is 381 g/mol. The molecule has 1 amide bonds. The molecule has 2 aromatic carbocycles. The topological polar surface area (TPSA) is 32.8 Å². The Labute approximate surface area is 169 Å². The van der Waals surface area contributed by atoms with Gasteiger partial charge in [0.1, 0.15) is 6.04 Å². The van der Waals surface area contributed by atoms with Gasteiger partial charge in [0.25, 0.3) is 0 Å². The van der Waals surface area contributed by atoms with E-state index in [0.717, 1.165) is 44.6 Å². The van der Waals surface area contributed by atoms with Gasteiger partial charge >= 0.3 is 0 Å². The minimum absolute atomic E-state index is 0.196. The molecule has 4 heteroatoms. The maximum absolute atomic E-state index is 13.4. The van der Waals surface area contributed by atoms with E-state index in [-0.39, 0.29) is 18.1 Å². The fourth-order valence-corrected chi connectivity index (χ4v) is 3.94. The summed E-state index contributed by atoms with van der Waals surface area (Å²) in [6, 6.07) is 20.3. The van der Waals surface area contributed by atoms with Gasteiger partial charge < -0.3 is 9.64 Å². The number of carbonyl (C=O) groups is 1. The molecule has 1 atom stereocenters. The zero-order valence-electron chi connectivity index (χ0n) is 17.1. The van der Waals surface area contributed by atoms with Gasteiger partial charge in [0.05, 0.1) is 12.7 Å². The summed E-state index contributed by atoms with van der Waals surface area (Å²) in [7, 11) is 0. The number of likely N-dealkylation sites (N-methyl/N-ethyl adjacent to an activating group) is 1. The largest absolute Gasteiger partial charge is 0.373 e. The Bertz CT molecular complexity index is 708. The maximum atomic E-state index is 13.4. The van der Waals surface area contributed by atoms with Crippen molar-refractivity contribution in [3.05, 3.63) is 71.8 Å². The summed E-state index contributed by atoms with van der Waals surface area (Å²) < 4.78 is 6.08. The molecule has 1 heterocycles. The summed E-state index contributed by atoms with van der Waals surface area (Å²) in [6.07, 6.45) is 2.03. The molecule has 1 saturated heterocycles. The molecule has 0 spiro atoms. The first-order valence-corrected chi connectivity index (χ1v) is 10.5. The van der Waals surface area contributed by atoms with Crippen molar-refractivity contribution < 1.29 is 9.53 Å². The zero-order chi connectivity index (χ0) is 19.8. The third kappa shape index (κ3) is 5.21. The van der Waals surface area contributed by atoms with E-state index >= 15 is 0 Å². The molecule has 150 valence electrons. The van der Waals surface area contributed by atoms with Crippen molar-refractivity contribution in [2.24, 2.45) is 0 Å². The highest BCUT2D eigenvalue weighted by Gasteiger charge is 2.32. The van der Waals surface area contributed by atoms with Crippen LogP contribution >= 0.6 is 0 Å². The average Bonchev–Trinajstić information content (AvgIpc) is 2.77. The lowest BCUT2D eigenvalue weighted by atomic mass is 10.0. The van der Waals surface area contributed by atoms with Gasteiger partial charge in [-0.2, -0.15) is 0 Å². The molecule has 0 N–H and O–H groups in total. The van der Waals surface area contributed by atoms with Crippen LogP contribution in [0.4, 0.5) is 0 Å². The molecule has 3 rings (SSSR count). The van der Waals surface area contributed by atoms with Gasteiger partial charge in [0.2, 0.25) is 5.91 Å². The molecule has 4 nitrogen and oxygen atoms in total. The number of benzene rings is 2. The Morgan fingerprint density at radius 2 is 1.57 bits per heavy atom. The summed E-state index contributed by atoms with van der Waals surface area (Å²) in [5, 5.41) is 0. The number of hydrogen-bond donors (Lipinski definition) is 0. The lowest BCUT2D eigenvalue weighted by Crippen LogP contribution is -2.47. The van der Waals surface area contributed by atoms with Crippen LogP contribution in [0, 0.1) is 0 Å². The number of hydrogen-bond acceptors (Lipinski definition) is 3. The predicted octanol–water partition coefficient (Wildman–Crippen LogP) is 4.28. The van der Waals surface area contributed by atoms with E-state index in [9.17, 15) is 4.79 Å². The molecule has 1 aliphatic rings. The van der Waals surface area contributed by atoms with E-state index < -0.39 is 0 Å². The number of ether oxygens (including phenoxy) is 1. The molecule has 0 aliphatic carbocycles. The lowest BCUT2D eigenvalue weighted by molar-refractivity contribution is -0.140. The van der Waals surface area contributed by atoms with Gasteiger partial charge in [-0.25, -0.2) is 0 Å². The smallest absolute Gasteiger partial charge is 0.244 e. The third-order valence-corrected chi connectivity index (χ3v) is 5.61. The SMILES string of the molecule is CCN(CC)C(C(=O)N1CCC(OCc2ccccc2)CC1)c1ccccc1. The highest BCUT2D eigenvalue weighted by Crippen LogP contribution is 2.25. The quantitative estimate of drug-likeness (QED) is 0.685. The van der Waals surface area contributed by atoms with Crippen LogP contribution in [0.1, 0.15) is 43.9 Å². The number of likely N-dealkylation sites (tertiary alicyclic amines) is 1. The first-order valence-electron chi connectivity index (χ1n) is 10.5. The minimum Gasteiger partial charge on any atom is -0.373 e. The maximum Gasteiger partial charge on any atom is 0.244 e. The van der Waals surface area contributed by atoms with Crippen molar-refractivity contribution in [2.45, 2.75) is 45.4 Å². The van der Waals surface area contributed by atoms with Crippen LogP contribution in [-0.2, 0) is 16.1 Å². The molecular formula is C24H32N2O2. The summed E-state index contributed by atoms with van der Waals surface area (Å²) in [4.78, 5) is 17.7. The van der Waals surface area contributed by atoms with Crippen LogP contribution < -0.4 is 0 Å². The lowest BCUT2D eigenvalue weighted by Gasteiger charge is -2.37. The van der Waals surface area contributed by atoms with Gasteiger partial charge in [-0.3, -0.25) is 9.69 Å². The van der Waals surface area contributed by atoms with Crippen LogP contribution in [0.3, 0.4) is 0 Å². The number of amides is 1. The number of nitrogens with zero attached hydrogens (tertiary/aromatic N) is 2. The Morgan fingerprint density at radius 1 is 1.00 bits per heavy atom. The molecule has 0 radical (unpaired) electrons. The van der Waals surface area contributed by atoms with Crippen molar-refractivity contribution in [1.82, 2.24) is 9.80 Å². The highest BCUT2D eigenvalue weighted by atomic mass is 16.5. The van der Waals surface area contributed by atoms with E-state index in [2.05, 4.69) is 43.0 Å². The second kappa shape index (κ2) is 10.4. The molecule has 0 saturated carbocycles. The minimum atomic E-state index is -0.196. The van der Waals surface area contributed by atoms with Gasteiger partial charge in [0, 0.05) is 13.1 Å². The van der Waals surface area contributed by atoms with Crippen molar-refractivity contribution in [3.8, 4) is 0 Å². The molecular weight excluding hydrogens is 348 g/mol.